The summed E-state index contributed by atoms with van der Waals surface area (Å²) in [6, 6.07) is 6.05. The van der Waals surface area contributed by atoms with Gasteiger partial charge in [0, 0.05) is 23.5 Å². The smallest absolute Gasteiger partial charge is 0.0425 e. The minimum Gasteiger partial charge on any atom is -0.382 e. The van der Waals surface area contributed by atoms with Gasteiger partial charge in [0.05, 0.1) is 0 Å². The van der Waals surface area contributed by atoms with E-state index in [2.05, 4.69) is 36.6 Å². The molecule has 2 aliphatic rings. The van der Waals surface area contributed by atoms with Crippen LogP contribution in [0.1, 0.15) is 75.8 Å². The molecule has 1 aromatic carbocycles. The second-order valence-corrected chi connectivity index (χ2v) is 7.27. The van der Waals surface area contributed by atoms with Gasteiger partial charge in [-0.25, -0.2) is 0 Å². The standard InChI is InChI=1S/C20H32N2/c1-3-8-16-13-14-19(21-17-9-4-5-10-17)15(2)20(16)22-18-11-6-7-12-18/h13-14,17-18,21-22H,3-12H2,1-2H3. The average Bonchev–Trinajstić information content (AvgIpc) is 3.19. The molecule has 3 rings (SSSR count). The highest BCUT2D eigenvalue weighted by Crippen LogP contribution is 2.33. The van der Waals surface area contributed by atoms with Crippen molar-refractivity contribution in [2.75, 3.05) is 10.6 Å². The molecule has 0 atom stereocenters. The lowest BCUT2D eigenvalue weighted by Gasteiger charge is -2.23. The fourth-order valence-electron chi connectivity index (χ4n) is 4.17. The van der Waals surface area contributed by atoms with Gasteiger partial charge in [-0.1, -0.05) is 45.1 Å². The van der Waals surface area contributed by atoms with Crippen LogP contribution < -0.4 is 10.6 Å². The van der Waals surface area contributed by atoms with E-state index in [1.807, 2.05) is 0 Å². The Morgan fingerprint density at radius 3 is 2.09 bits per heavy atom. The van der Waals surface area contributed by atoms with E-state index in [0.717, 1.165) is 0 Å². The molecule has 0 saturated heterocycles. The molecule has 2 N–H and O–H groups in total. The number of benzene rings is 1. The number of anilines is 2. The Balaban J connectivity index is 1.81. The molecular formula is C20H32N2. The highest BCUT2D eigenvalue weighted by Gasteiger charge is 2.20. The van der Waals surface area contributed by atoms with Crippen molar-refractivity contribution < 1.29 is 0 Å². The topological polar surface area (TPSA) is 24.1 Å². The van der Waals surface area contributed by atoms with Gasteiger partial charge in [0.2, 0.25) is 0 Å². The number of rotatable bonds is 6. The van der Waals surface area contributed by atoms with Crippen LogP contribution >= 0.6 is 0 Å². The van der Waals surface area contributed by atoms with Crippen molar-refractivity contribution in [2.24, 2.45) is 0 Å². The minimum atomic E-state index is 0.690. The third-order valence-electron chi connectivity index (χ3n) is 5.49. The number of hydrogen-bond acceptors (Lipinski definition) is 2. The van der Waals surface area contributed by atoms with E-state index in [4.69, 9.17) is 0 Å². The zero-order valence-electron chi connectivity index (χ0n) is 14.4. The molecular weight excluding hydrogens is 268 g/mol. The highest BCUT2D eigenvalue weighted by atomic mass is 15.0. The lowest BCUT2D eigenvalue weighted by Crippen LogP contribution is -2.19. The van der Waals surface area contributed by atoms with Gasteiger partial charge in [-0.15, -0.1) is 0 Å². The first-order valence-electron chi connectivity index (χ1n) is 9.43. The van der Waals surface area contributed by atoms with Crippen LogP contribution in [0.5, 0.6) is 0 Å². The molecule has 1 aromatic rings. The first-order chi connectivity index (χ1) is 10.8. The Hall–Kier alpha value is -1.18. The van der Waals surface area contributed by atoms with Crippen LogP contribution in [0, 0.1) is 6.92 Å². The summed E-state index contributed by atoms with van der Waals surface area (Å²) in [7, 11) is 0. The molecule has 2 aliphatic carbocycles. The lowest BCUT2D eigenvalue weighted by molar-refractivity contribution is 0.746. The second-order valence-electron chi connectivity index (χ2n) is 7.27. The van der Waals surface area contributed by atoms with Crippen LogP contribution in [0.25, 0.3) is 0 Å². The van der Waals surface area contributed by atoms with Gasteiger partial charge >= 0.3 is 0 Å². The predicted molar refractivity (Wildman–Crippen MR) is 96.9 cm³/mol. The number of aryl methyl sites for hydroxylation is 1. The van der Waals surface area contributed by atoms with Crippen LogP contribution in [0.15, 0.2) is 12.1 Å². The predicted octanol–water partition coefficient (Wildman–Crippen LogP) is 5.66. The van der Waals surface area contributed by atoms with Gasteiger partial charge in [-0.2, -0.15) is 0 Å². The van der Waals surface area contributed by atoms with E-state index >= 15 is 0 Å². The van der Waals surface area contributed by atoms with Crippen LogP contribution in [-0.4, -0.2) is 12.1 Å². The van der Waals surface area contributed by atoms with Crippen molar-refractivity contribution in [3.63, 3.8) is 0 Å². The van der Waals surface area contributed by atoms with Crippen molar-refractivity contribution in [1.29, 1.82) is 0 Å². The van der Waals surface area contributed by atoms with Crippen LogP contribution in [0.2, 0.25) is 0 Å². The van der Waals surface area contributed by atoms with Crippen molar-refractivity contribution in [2.45, 2.75) is 90.1 Å². The fourth-order valence-corrected chi connectivity index (χ4v) is 4.17. The molecule has 2 nitrogen and oxygen atoms in total. The average molecular weight is 300 g/mol. The molecule has 2 heteroatoms. The molecule has 122 valence electrons. The van der Waals surface area contributed by atoms with Gasteiger partial charge in [-0.05, 0) is 56.2 Å². The van der Waals surface area contributed by atoms with Gasteiger partial charge in [0.15, 0.2) is 0 Å². The van der Waals surface area contributed by atoms with Crippen molar-refractivity contribution >= 4 is 11.4 Å². The Morgan fingerprint density at radius 2 is 1.50 bits per heavy atom. The summed E-state index contributed by atoms with van der Waals surface area (Å²) in [4.78, 5) is 0. The molecule has 0 unspecified atom stereocenters. The normalized spacial score (nSPS) is 19.7. The minimum absolute atomic E-state index is 0.690. The maximum atomic E-state index is 3.89. The quantitative estimate of drug-likeness (QED) is 0.708. The summed E-state index contributed by atoms with van der Waals surface area (Å²) in [6.45, 7) is 4.58. The monoisotopic (exact) mass is 300 g/mol. The summed E-state index contributed by atoms with van der Waals surface area (Å²) in [5.41, 5.74) is 5.72. The third-order valence-corrected chi connectivity index (χ3v) is 5.49. The van der Waals surface area contributed by atoms with E-state index in [0.29, 0.717) is 12.1 Å². The lowest BCUT2D eigenvalue weighted by atomic mass is 10.0. The molecule has 0 amide bonds. The zero-order valence-corrected chi connectivity index (χ0v) is 14.4. The molecule has 0 aromatic heterocycles. The van der Waals surface area contributed by atoms with Crippen molar-refractivity contribution in [3.8, 4) is 0 Å². The molecule has 2 fully saturated rings. The fraction of sp³-hybridized carbons (Fsp3) is 0.700. The summed E-state index contributed by atoms with van der Waals surface area (Å²) in [5, 5.41) is 7.69. The summed E-state index contributed by atoms with van der Waals surface area (Å²) >= 11 is 0. The Bertz CT molecular complexity index is 483. The largest absolute Gasteiger partial charge is 0.382 e. The molecule has 0 heterocycles. The van der Waals surface area contributed by atoms with E-state index < -0.39 is 0 Å². The van der Waals surface area contributed by atoms with Crippen LogP contribution in [0.4, 0.5) is 11.4 Å². The van der Waals surface area contributed by atoms with Gasteiger partial charge in [-0.3, -0.25) is 0 Å². The molecule has 0 aliphatic heterocycles. The van der Waals surface area contributed by atoms with Crippen molar-refractivity contribution in [3.05, 3.63) is 23.3 Å². The maximum Gasteiger partial charge on any atom is 0.0425 e. The summed E-state index contributed by atoms with van der Waals surface area (Å²) in [6.07, 6.45) is 13.3. The first kappa shape index (κ1) is 15.7. The van der Waals surface area contributed by atoms with Crippen molar-refractivity contribution in [1.82, 2.24) is 0 Å². The van der Waals surface area contributed by atoms with Gasteiger partial charge in [0.25, 0.3) is 0 Å². The summed E-state index contributed by atoms with van der Waals surface area (Å²) in [5.74, 6) is 0. The van der Waals surface area contributed by atoms with E-state index in [9.17, 15) is 0 Å². The molecule has 0 spiro atoms. The second kappa shape index (κ2) is 7.39. The zero-order chi connectivity index (χ0) is 15.4. The molecule has 22 heavy (non-hydrogen) atoms. The number of nitrogens with one attached hydrogen (secondary N) is 2. The van der Waals surface area contributed by atoms with Gasteiger partial charge < -0.3 is 10.6 Å². The van der Waals surface area contributed by atoms with E-state index in [1.165, 1.54) is 86.7 Å². The summed E-state index contributed by atoms with van der Waals surface area (Å²) < 4.78 is 0. The third kappa shape index (κ3) is 3.59. The van der Waals surface area contributed by atoms with E-state index in [1.54, 1.807) is 0 Å². The van der Waals surface area contributed by atoms with Gasteiger partial charge in [0.1, 0.15) is 0 Å². The maximum absolute atomic E-state index is 3.89. The Kier molecular flexibility index (Phi) is 5.28. The first-order valence-corrected chi connectivity index (χ1v) is 9.43. The van der Waals surface area contributed by atoms with Crippen LogP contribution in [0.3, 0.4) is 0 Å². The van der Waals surface area contributed by atoms with Crippen LogP contribution in [-0.2, 0) is 6.42 Å². The Morgan fingerprint density at radius 1 is 0.909 bits per heavy atom. The highest BCUT2D eigenvalue weighted by molar-refractivity contribution is 5.69. The molecule has 0 bridgehead atoms. The van der Waals surface area contributed by atoms with E-state index in [-0.39, 0.29) is 0 Å². The molecule has 0 radical (unpaired) electrons. The Labute approximate surface area is 136 Å². The number of hydrogen-bond donors (Lipinski definition) is 2. The molecule has 2 saturated carbocycles. The SMILES string of the molecule is CCCc1ccc(NC2CCCC2)c(C)c1NC1CCCC1.